The molecule has 3 N–H and O–H groups in total. The van der Waals surface area contributed by atoms with Crippen molar-refractivity contribution in [1.29, 1.82) is 0 Å². The van der Waals surface area contributed by atoms with E-state index < -0.39 is 5.25 Å². The Morgan fingerprint density at radius 3 is 2.81 bits per heavy atom. The molecule has 1 aliphatic heterocycles. The van der Waals surface area contributed by atoms with Crippen molar-refractivity contribution in [3.8, 4) is 0 Å². The molecule has 9 heteroatoms. The molecule has 1 saturated heterocycles. The van der Waals surface area contributed by atoms with E-state index in [0.717, 1.165) is 16.2 Å². The van der Waals surface area contributed by atoms with E-state index in [1.807, 2.05) is 12.1 Å². The predicted molar refractivity (Wildman–Crippen MR) is 83.5 cm³/mol. The molecule has 0 aliphatic carbocycles. The Kier molecular flexibility index (Phi) is 5.34. The van der Waals surface area contributed by atoms with Gasteiger partial charge in [-0.2, -0.15) is 0 Å². The molecule has 0 bridgehead atoms. The van der Waals surface area contributed by atoms with Crippen molar-refractivity contribution in [2.24, 2.45) is 5.10 Å². The first kappa shape index (κ1) is 15.5. The van der Waals surface area contributed by atoms with E-state index in [-0.39, 0.29) is 23.4 Å². The Bertz CT molecular complexity index is 591. The van der Waals surface area contributed by atoms with Crippen molar-refractivity contribution in [3.05, 3.63) is 28.7 Å². The zero-order valence-corrected chi connectivity index (χ0v) is 13.0. The number of hydrazone groups is 1. The third kappa shape index (κ3) is 4.57. The molecule has 1 fully saturated rings. The summed E-state index contributed by atoms with van der Waals surface area (Å²) in [7, 11) is 0. The van der Waals surface area contributed by atoms with Crippen LogP contribution in [0, 0.1) is 0 Å². The largest absolute Gasteiger partial charge is 0.326 e. The van der Waals surface area contributed by atoms with Crippen molar-refractivity contribution in [3.63, 3.8) is 0 Å². The Morgan fingerprint density at radius 2 is 2.14 bits per heavy atom. The average Bonchev–Trinajstić information content (AvgIpc) is 2.79. The van der Waals surface area contributed by atoms with Gasteiger partial charge in [-0.05, 0) is 24.3 Å². The molecule has 7 nitrogen and oxygen atoms in total. The molecule has 1 atom stereocenters. The van der Waals surface area contributed by atoms with E-state index >= 15 is 0 Å². The van der Waals surface area contributed by atoms with Gasteiger partial charge in [0.2, 0.25) is 18.2 Å². The monoisotopic (exact) mass is 370 g/mol. The van der Waals surface area contributed by atoms with E-state index in [9.17, 15) is 14.4 Å². The summed E-state index contributed by atoms with van der Waals surface area (Å²) >= 11 is 4.40. The van der Waals surface area contributed by atoms with Gasteiger partial charge in [0, 0.05) is 16.6 Å². The van der Waals surface area contributed by atoms with Crippen LogP contribution in [0.15, 0.2) is 33.8 Å². The fraction of sp³-hybridized carbons (Fsp3) is 0.167. The third-order valence-electron chi connectivity index (χ3n) is 2.49. The second kappa shape index (κ2) is 7.23. The van der Waals surface area contributed by atoms with E-state index in [0.29, 0.717) is 12.1 Å². The van der Waals surface area contributed by atoms with Crippen molar-refractivity contribution < 1.29 is 14.4 Å². The van der Waals surface area contributed by atoms with Crippen molar-refractivity contribution >= 4 is 56.8 Å². The maximum Gasteiger partial charge on any atom is 0.240 e. The van der Waals surface area contributed by atoms with Crippen LogP contribution in [0.3, 0.4) is 0 Å². The van der Waals surface area contributed by atoms with E-state index in [2.05, 4.69) is 37.1 Å². The second-order valence-corrected chi connectivity index (χ2v) is 6.13. The molecule has 1 aliphatic rings. The van der Waals surface area contributed by atoms with E-state index in [1.165, 1.54) is 0 Å². The summed E-state index contributed by atoms with van der Waals surface area (Å²) in [5.41, 5.74) is 2.75. The molecule has 3 amide bonds. The first-order chi connectivity index (χ1) is 10.1. The van der Waals surface area contributed by atoms with Gasteiger partial charge >= 0.3 is 0 Å². The van der Waals surface area contributed by atoms with Gasteiger partial charge in [-0.25, -0.2) is 5.43 Å². The van der Waals surface area contributed by atoms with Crippen LogP contribution in [0.5, 0.6) is 0 Å². The van der Waals surface area contributed by atoms with Crippen LogP contribution >= 0.6 is 27.7 Å². The van der Waals surface area contributed by atoms with E-state index in [1.54, 1.807) is 12.1 Å². The van der Waals surface area contributed by atoms with Crippen LogP contribution < -0.4 is 16.1 Å². The van der Waals surface area contributed by atoms with Crippen LogP contribution in [0.1, 0.15) is 6.42 Å². The topological polar surface area (TPSA) is 99.7 Å². The SMILES string of the molecule is O=CN/N=C1/NC(=O)[C@H](CC(=O)Nc2ccc(Br)cc2)S1. The number of halogens is 1. The van der Waals surface area contributed by atoms with Crippen LogP contribution in [-0.2, 0) is 14.4 Å². The maximum absolute atomic E-state index is 11.9. The summed E-state index contributed by atoms with van der Waals surface area (Å²) in [6.45, 7) is 0. The summed E-state index contributed by atoms with van der Waals surface area (Å²) in [5, 5.41) is 8.54. The molecular formula is C12H11BrN4O3S. The lowest BCUT2D eigenvalue weighted by molar-refractivity contribution is -0.122. The van der Waals surface area contributed by atoms with Gasteiger partial charge in [-0.15, -0.1) is 5.10 Å². The summed E-state index contributed by atoms with van der Waals surface area (Å²) in [6.07, 6.45) is 0.417. The maximum atomic E-state index is 11.9. The minimum Gasteiger partial charge on any atom is -0.326 e. The fourth-order valence-electron chi connectivity index (χ4n) is 1.59. The highest BCUT2D eigenvalue weighted by Crippen LogP contribution is 2.23. The number of nitrogens with zero attached hydrogens (tertiary/aromatic N) is 1. The predicted octanol–water partition coefficient (Wildman–Crippen LogP) is 1.03. The summed E-state index contributed by atoms with van der Waals surface area (Å²) in [5.74, 6) is -0.577. The van der Waals surface area contributed by atoms with Gasteiger partial charge in [0.1, 0.15) is 5.25 Å². The number of anilines is 1. The molecule has 1 heterocycles. The van der Waals surface area contributed by atoms with Gasteiger partial charge in [-0.1, -0.05) is 27.7 Å². The zero-order valence-electron chi connectivity index (χ0n) is 10.6. The number of amidine groups is 1. The summed E-state index contributed by atoms with van der Waals surface area (Å²) < 4.78 is 0.912. The molecule has 0 unspecified atom stereocenters. The van der Waals surface area contributed by atoms with Crippen LogP contribution in [0.2, 0.25) is 0 Å². The number of hydrogen-bond acceptors (Lipinski definition) is 5. The highest BCUT2D eigenvalue weighted by molar-refractivity contribution is 9.10. The van der Waals surface area contributed by atoms with Crippen LogP contribution in [0.4, 0.5) is 5.69 Å². The molecule has 2 rings (SSSR count). The zero-order chi connectivity index (χ0) is 15.2. The summed E-state index contributed by atoms with van der Waals surface area (Å²) in [4.78, 5) is 33.7. The van der Waals surface area contributed by atoms with Gasteiger partial charge in [0.15, 0.2) is 5.17 Å². The van der Waals surface area contributed by atoms with Crippen LogP contribution in [-0.4, -0.2) is 28.6 Å². The van der Waals surface area contributed by atoms with Gasteiger partial charge in [0.25, 0.3) is 0 Å². The van der Waals surface area contributed by atoms with Gasteiger partial charge in [0.05, 0.1) is 0 Å². The molecule has 110 valence electrons. The molecule has 0 spiro atoms. The molecule has 1 aromatic carbocycles. The normalized spacial score (nSPS) is 19.2. The number of nitrogens with one attached hydrogen (secondary N) is 3. The number of benzene rings is 1. The van der Waals surface area contributed by atoms with Crippen molar-refractivity contribution in [1.82, 2.24) is 10.7 Å². The minimum absolute atomic E-state index is 0.0205. The van der Waals surface area contributed by atoms with Crippen LogP contribution in [0.25, 0.3) is 0 Å². The van der Waals surface area contributed by atoms with Gasteiger partial charge < -0.3 is 10.6 Å². The molecule has 21 heavy (non-hydrogen) atoms. The average molecular weight is 371 g/mol. The fourth-order valence-corrected chi connectivity index (χ4v) is 2.79. The second-order valence-electron chi connectivity index (χ2n) is 4.02. The first-order valence-electron chi connectivity index (χ1n) is 5.88. The standard InChI is InChI=1S/C12H11BrN4O3S/c13-7-1-3-8(4-2-7)15-10(19)5-9-11(20)16-12(21-9)17-14-6-18/h1-4,6,9H,5H2,(H,14,18)(H,15,19)(H,16,17,20)/t9-/m0/s1. The molecular weight excluding hydrogens is 360 g/mol. The van der Waals surface area contributed by atoms with Crippen molar-refractivity contribution in [2.75, 3.05) is 5.32 Å². The molecule has 1 aromatic rings. The number of thioether (sulfide) groups is 1. The minimum atomic E-state index is -0.562. The number of rotatable bonds is 5. The highest BCUT2D eigenvalue weighted by Gasteiger charge is 2.32. The third-order valence-corrected chi connectivity index (χ3v) is 4.10. The number of hydrogen-bond donors (Lipinski definition) is 3. The lowest BCUT2D eigenvalue weighted by Crippen LogP contribution is -2.28. The Hall–Kier alpha value is -1.87. The highest BCUT2D eigenvalue weighted by atomic mass is 79.9. The Balaban J connectivity index is 1.89. The molecule has 0 radical (unpaired) electrons. The summed E-state index contributed by atoms with van der Waals surface area (Å²) in [6, 6.07) is 7.13. The Morgan fingerprint density at radius 1 is 1.43 bits per heavy atom. The number of carbonyl (C=O) groups excluding carboxylic acids is 3. The first-order valence-corrected chi connectivity index (χ1v) is 7.55. The lowest BCUT2D eigenvalue weighted by atomic mass is 10.2. The van der Waals surface area contributed by atoms with Gasteiger partial charge in [-0.3, -0.25) is 14.4 Å². The smallest absolute Gasteiger partial charge is 0.240 e. The lowest BCUT2D eigenvalue weighted by Gasteiger charge is -2.07. The number of amides is 3. The quantitative estimate of drug-likeness (QED) is 0.532. The van der Waals surface area contributed by atoms with E-state index in [4.69, 9.17) is 0 Å². The Labute approximate surface area is 133 Å². The molecule has 0 aromatic heterocycles. The number of carbonyl (C=O) groups is 3. The van der Waals surface area contributed by atoms with Crippen molar-refractivity contribution in [2.45, 2.75) is 11.7 Å². The molecule has 0 saturated carbocycles.